The van der Waals surface area contributed by atoms with Gasteiger partial charge in [-0.1, -0.05) is 55.5 Å². The summed E-state index contributed by atoms with van der Waals surface area (Å²) in [5, 5.41) is 2.79. The lowest BCUT2D eigenvalue weighted by Gasteiger charge is -2.12. The monoisotopic (exact) mass is 367 g/mol. The van der Waals surface area contributed by atoms with Crippen LogP contribution in [0.4, 0.5) is 5.69 Å². The molecule has 0 aromatic heterocycles. The molecule has 6 nitrogen and oxygen atoms in total. The standard InChI is InChI=1S/C21H25N3O3/c1-16(14-20(26)22-18-10-6-3-7-11-18)15-21(27)24-23-19(25)13-12-17-8-4-2-5-9-17/h2-11,16H,12-15H2,1H3,(H,22,26)(H,23,25)(H,24,27)/t16-/m0/s1. The molecule has 0 radical (unpaired) electrons. The molecule has 0 fully saturated rings. The highest BCUT2D eigenvalue weighted by Gasteiger charge is 2.14. The van der Waals surface area contributed by atoms with Gasteiger partial charge in [-0.15, -0.1) is 0 Å². The molecular weight excluding hydrogens is 342 g/mol. The van der Waals surface area contributed by atoms with E-state index in [0.717, 1.165) is 11.3 Å². The van der Waals surface area contributed by atoms with Crippen LogP contribution in [0.15, 0.2) is 60.7 Å². The van der Waals surface area contributed by atoms with Gasteiger partial charge in [0.2, 0.25) is 17.7 Å². The minimum absolute atomic E-state index is 0.144. The number of para-hydroxylation sites is 1. The Bertz CT molecular complexity index is 748. The van der Waals surface area contributed by atoms with E-state index >= 15 is 0 Å². The van der Waals surface area contributed by atoms with Gasteiger partial charge >= 0.3 is 0 Å². The van der Waals surface area contributed by atoms with Crippen molar-refractivity contribution in [2.75, 3.05) is 5.32 Å². The number of nitrogens with one attached hydrogen (secondary N) is 3. The quantitative estimate of drug-likeness (QED) is 0.627. The van der Waals surface area contributed by atoms with Gasteiger partial charge in [0.1, 0.15) is 0 Å². The van der Waals surface area contributed by atoms with E-state index in [1.165, 1.54) is 0 Å². The Morgan fingerprint density at radius 1 is 0.778 bits per heavy atom. The maximum atomic E-state index is 12.0. The van der Waals surface area contributed by atoms with Crippen molar-refractivity contribution >= 4 is 23.4 Å². The number of rotatable bonds is 8. The lowest BCUT2D eigenvalue weighted by Crippen LogP contribution is -2.42. The zero-order valence-electron chi connectivity index (χ0n) is 15.4. The van der Waals surface area contributed by atoms with Crippen LogP contribution in [0.1, 0.15) is 31.7 Å². The number of hydrogen-bond acceptors (Lipinski definition) is 3. The highest BCUT2D eigenvalue weighted by atomic mass is 16.2. The average molecular weight is 367 g/mol. The van der Waals surface area contributed by atoms with Gasteiger partial charge < -0.3 is 5.32 Å². The third-order valence-corrected chi connectivity index (χ3v) is 3.95. The topological polar surface area (TPSA) is 87.3 Å². The summed E-state index contributed by atoms with van der Waals surface area (Å²) in [5.41, 5.74) is 6.61. The second-order valence-corrected chi connectivity index (χ2v) is 6.51. The van der Waals surface area contributed by atoms with Gasteiger partial charge in [-0.05, 0) is 30.0 Å². The fourth-order valence-electron chi connectivity index (χ4n) is 2.59. The van der Waals surface area contributed by atoms with Crippen molar-refractivity contribution in [1.29, 1.82) is 0 Å². The second-order valence-electron chi connectivity index (χ2n) is 6.51. The maximum absolute atomic E-state index is 12.0. The predicted octanol–water partition coefficient (Wildman–Crippen LogP) is 2.82. The summed E-state index contributed by atoms with van der Waals surface area (Å²) >= 11 is 0. The van der Waals surface area contributed by atoms with Gasteiger partial charge in [0.25, 0.3) is 0 Å². The molecule has 3 amide bonds. The zero-order chi connectivity index (χ0) is 19.5. The van der Waals surface area contributed by atoms with Gasteiger partial charge in [-0.25, -0.2) is 0 Å². The minimum atomic E-state index is -0.317. The molecular formula is C21H25N3O3. The summed E-state index contributed by atoms with van der Waals surface area (Å²) in [5.74, 6) is -0.854. The van der Waals surface area contributed by atoms with E-state index in [1.54, 1.807) is 12.1 Å². The first kappa shape index (κ1) is 20.2. The Labute approximate surface area is 159 Å². The van der Waals surface area contributed by atoms with Crippen molar-refractivity contribution in [3.8, 4) is 0 Å². The molecule has 0 aliphatic heterocycles. The number of amides is 3. The fourth-order valence-corrected chi connectivity index (χ4v) is 2.59. The highest BCUT2D eigenvalue weighted by Crippen LogP contribution is 2.11. The van der Waals surface area contributed by atoms with Gasteiger partial charge in [-0.2, -0.15) is 0 Å². The first-order chi connectivity index (χ1) is 13.0. The Hall–Kier alpha value is -3.15. The second kappa shape index (κ2) is 10.8. The molecule has 3 N–H and O–H groups in total. The van der Waals surface area contributed by atoms with Crippen molar-refractivity contribution < 1.29 is 14.4 Å². The molecule has 142 valence electrons. The molecule has 2 aromatic carbocycles. The van der Waals surface area contributed by atoms with E-state index in [4.69, 9.17) is 0 Å². The molecule has 0 saturated heterocycles. The van der Waals surface area contributed by atoms with Gasteiger partial charge in [0.15, 0.2) is 0 Å². The van der Waals surface area contributed by atoms with Crippen molar-refractivity contribution in [2.24, 2.45) is 5.92 Å². The SMILES string of the molecule is C[C@H](CC(=O)NNC(=O)CCc1ccccc1)CC(=O)Nc1ccccc1. The number of carbonyl (C=O) groups excluding carboxylic acids is 3. The van der Waals surface area contributed by atoms with E-state index in [9.17, 15) is 14.4 Å². The lowest BCUT2D eigenvalue weighted by atomic mass is 10.0. The average Bonchev–Trinajstić information content (AvgIpc) is 2.66. The lowest BCUT2D eigenvalue weighted by molar-refractivity contribution is -0.129. The van der Waals surface area contributed by atoms with E-state index in [0.29, 0.717) is 12.8 Å². The Morgan fingerprint density at radius 3 is 2.00 bits per heavy atom. The molecule has 2 rings (SSSR count). The summed E-state index contributed by atoms with van der Waals surface area (Å²) in [4.78, 5) is 35.7. The molecule has 0 aliphatic carbocycles. The molecule has 0 bridgehead atoms. The predicted molar refractivity (Wildman–Crippen MR) is 105 cm³/mol. The van der Waals surface area contributed by atoms with Gasteiger partial charge in [0, 0.05) is 24.9 Å². The highest BCUT2D eigenvalue weighted by molar-refractivity contribution is 5.91. The van der Waals surface area contributed by atoms with E-state index in [-0.39, 0.29) is 36.5 Å². The number of hydrogen-bond donors (Lipinski definition) is 3. The van der Waals surface area contributed by atoms with Crippen LogP contribution in [0.3, 0.4) is 0 Å². The molecule has 0 aliphatic rings. The van der Waals surface area contributed by atoms with Crippen molar-refractivity contribution in [1.82, 2.24) is 10.9 Å². The van der Waals surface area contributed by atoms with Crippen LogP contribution in [0.25, 0.3) is 0 Å². The number of hydrazine groups is 1. The molecule has 0 spiro atoms. The third-order valence-electron chi connectivity index (χ3n) is 3.95. The van der Waals surface area contributed by atoms with E-state index < -0.39 is 0 Å². The normalized spacial score (nSPS) is 11.3. The molecule has 1 atom stereocenters. The van der Waals surface area contributed by atoms with Gasteiger partial charge in [-0.3, -0.25) is 25.2 Å². The number of benzene rings is 2. The first-order valence-corrected chi connectivity index (χ1v) is 8.99. The zero-order valence-corrected chi connectivity index (χ0v) is 15.4. The molecule has 27 heavy (non-hydrogen) atoms. The van der Waals surface area contributed by atoms with Crippen LogP contribution < -0.4 is 16.2 Å². The Balaban J connectivity index is 1.62. The van der Waals surface area contributed by atoms with E-state index in [1.807, 2.05) is 55.5 Å². The Morgan fingerprint density at radius 2 is 1.33 bits per heavy atom. The van der Waals surface area contributed by atoms with Crippen molar-refractivity contribution in [3.05, 3.63) is 66.2 Å². The third kappa shape index (κ3) is 8.18. The van der Waals surface area contributed by atoms with Crippen LogP contribution in [0.2, 0.25) is 0 Å². The van der Waals surface area contributed by atoms with Gasteiger partial charge in [0.05, 0.1) is 0 Å². The van der Waals surface area contributed by atoms with Crippen molar-refractivity contribution in [2.45, 2.75) is 32.6 Å². The summed E-state index contributed by atoms with van der Waals surface area (Å²) in [7, 11) is 0. The Kier molecular flexibility index (Phi) is 8.03. The van der Waals surface area contributed by atoms with Crippen LogP contribution in [0, 0.1) is 5.92 Å². The molecule has 6 heteroatoms. The van der Waals surface area contributed by atoms with Crippen molar-refractivity contribution in [3.63, 3.8) is 0 Å². The number of aryl methyl sites for hydroxylation is 1. The van der Waals surface area contributed by atoms with Crippen LogP contribution in [-0.4, -0.2) is 17.7 Å². The van der Waals surface area contributed by atoms with Crippen LogP contribution >= 0.6 is 0 Å². The summed E-state index contributed by atoms with van der Waals surface area (Å²) in [6.45, 7) is 1.82. The molecule has 2 aromatic rings. The fraction of sp³-hybridized carbons (Fsp3) is 0.286. The summed E-state index contributed by atoms with van der Waals surface area (Å²) in [6.07, 6.45) is 1.28. The van der Waals surface area contributed by atoms with E-state index in [2.05, 4.69) is 16.2 Å². The molecule has 0 saturated carbocycles. The first-order valence-electron chi connectivity index (χ1n) is 8.99. The molecule has 0 heterocycles. The number of anilines is 1. The summed E-state index contributed by atoms with van der Waals surface area (Å²) < 4.78 is 0. The molecule has 0 unspecified atom stereocenters. The number of carbonyl (C=O) groups is 3. The largest absolute Gasteiger partial charge is 0.326 e. The maximum Gasteiger partial charge on any atom is 0.238 e. The smallest absolute Gasteiger partial charge is 0.238 e. The van der Waals surface area contributed by atoms with Crippen LogP contribution in [0.5, 0.6) is 0 Å². The summed E-state index contributed by atoms with van der Waals surface area (Å²) in [6, 6.07) is 18.8. The minimum Gasteiger partial charge on any atom is -0.326 e. The van der Waals surface area contributed by atoms with Crippen LogP contribution in [-0.2, 0) is 20.8 Å².